The molecule has 11 aromatic carbocycles. The number of allylic oxidation sites excluding steroid dienone is 4. The van der Waals surface area contributed by atoms with Gasteiger partial charge in [0.2, 0.25) is 0 Å². The van der Waals surface area contributed by atoms with Gasteiger partial charge in [0.05, 0.1) is 22.2 Å². The number of hydrogen-bond donors (Lipinski definition) is 0. The van der Waals surface area contributed by atoms with Crippen molar-refractivity contribution in [2.24, 2.45) is 0 Å². The quantitative estimate of drug-likeness (QED) is 0.172. The van der Waals surface area contributed by atoms with Crippen molar-refractivity contribution in [3.05, 3.63) is 311 Å². The van der Waals surface area contributed by atoms with Crippen molar-refractivity contribution in [3.8, 4) is 56.4 Å². The van der Waals surface area contributed by atoms with E-state index in [9.17, 15) is 0 Å². The zero-order chi connectivity index (χ0) is 49.2. The molecule has 352 valence electrons. The summed E-state index contributed by atoms with van der Waals surface area (Å²) in [4.78, 5) is 2.58. The van der Waals surface area contributed by atoms with Crippen molar-refractivity contribution < 1.29 is 9.47 Å². The van der Waals surface area contributed by atoms with E-state index in [4.69, 9.17) is 9.47 Å². The lowest BCUT2D eigenvalue weighted by Gasteiger charge is -2.40. The van der Waals surface area contributed by atoms with Crippen molar-refractivity contribution in [2.75, 3.05) is 4.90 Å². The second-order valence-corrected chi connectivity index (χ2v) is 20.5. The maximum absolute atomic E-state index is 6.81. The Morgan fingerprint density at radius 1 is 0.360 bits per heavy atom. The van der Waals surface area contributed by atoms with Crippen LogP contribution in [0.1, 0.15) is 57.3 Å². The molecule has 0 saturated heterocycles. The third-order valence-corrected chi connectivity index (χ3v) is 16.9. The van der Waals surface area contributed by atoms with Gasteiger partial charge in [-0.05, 0) is 128 Å². The average Bonchev–Trinajstić information content (AvgIpc) is 4.15. The minimum Gasteiger partial charge on any atom is -0.457 e. The molecule has 5 aliphatic rings. The molecule has 0 aromatic heterocycles. The van der Waals surface area contributed by atoms with E-state index in [1.807, 2.05) is 0 Å². The summed E-state index contributed by atoms with van der Waals surface area (Å²) in [6, 6.07) is 91.5. The lowest BCUT2D eigenvalue weighted by Crippen LogP contribution is -2.33. The molecule has 3 nitrogen and oxygen atoms in total. The number of nitrogens with zero attached hydrogens (tertiary/aromatic N) is 1. The van der Waals surface area contributed by atoms with Crippen LogP contribution < -0.4 is 14.4 Å². The van der Waals surface area contributed by atoms with Gasteiger partial charge in [-0.2, -0.15) is 0 Å². The molecule has 16 rings (SSSR count). The highest BCUT2D eigenvalue weighted by atomic mass is 16.5. The summed E-state index contributed by atoms with van der Waals surface area (Å²) in [6.45, 7) is 0. The molecule has 11 aromatic rings. The highest BCUT2D eigenvalue weighted by Gasteiger charge is 2.54. The largest absolute Gasteiger partial charge is 0.457 e. The van der Waals surface area contributed by atoms with Crippen LogP contribution in [0.2, 0.25) is 0 Å². The molecule has 0 fully saturated rings. The summed E-state index contributed by atoms with van der Waals surface area (Å²) < 4.78 is 13.6. The Kier molecular flexibility index (Phi) is 9.00. The highest BCUT2D eigenvalue weighted by Crippen LogP contribution is 2.66. The molecule has 0 radical (unpaired) electrons. The number of ether oxygens (including phenoxy) is 2. The van der Waals surface area contributed by atoms with Gasteiger partial charge in [0.15, 0.2) is 0 Å². The van der Waals surface area contributed by atoms with Gasteiger partial charge in [-0.15, -0.1) is 0 Å². The smallest absolute Gasteiger partial charge is 0.132 e. The van der Waals surface area contributed by atoms with Gasteiger partial charge in [0.25, 0.3) is 0 Å². The number of rotatable bonds is 5. The molecule has 0 N–H and O–H groups in total. The first-order valence-electron chi connectivity index (χ1n) is 26.2. The van der Waals surface area contributed by atoms with Gasteiger partial charge in [-0.1, -0.05) is 212 Å². The molecule has 2 spiro atoms. The second kappa shape index (κ2) is 16.0. The monoisotopic (exact) mass is 957 g/mol. The summed E-state index contributed by atoms with van der Waals surface area (Å²) >= 11 is 0. The van der Waals surface area contributed by atoms with Crippen molar-refractivity contribution in [3.63, 3.8) is 0 Å². The predicted molar refractivity (Wildman–Crippen MR) is 305 cm³/mol. The Morgan fingerprint density at radius 2 is 0.893 bits per heavy atom. The molecule has 0 atom stereocenters. The fourth-order valence-electron chi connectivity index (χ4n) is 13.9. The Labute approximate surface area is 436 Å². The third kappa shape index (κ3) is 5.75. The van der Waals surface area contributed by atoms with Gasteiger partial charge in [-0.25, -0.2) is 0 Å². The number of benzene rings is 11. The van der Waals surface area contributed by atoms with E-state index in [1.54, 1.807) is 0 Å². The summed E-state index contributed by atoms with van der Waals surface area (Å²) in [5, 5.41) is 2.44. The molecule has 2 heterocycles. The minimum atomic E-state index is -0.643. The van der Waals surface area contributed by atoms with Crippen LogP contribution in [0.15, 0.2) is 266 Å². The molecular weight excluding hydrogens is 911 g/mol. The fourth-order valence-corrected chi connectivity index (χ4v) is 13.9. The SMILES string of the molecule is C1=CC2=C(CC1)c1c(ccc3cccc(N(c4ccc5c(c4)C4(c6ccccc6Oc6ccccc64)c4ccccc4-5)c4ccccc4-c4ccc(-c5ccccc5)cc4)c13)C21c2ccccc2Oc2ccccc21. The van der Waals surface area contributed by atoms with Crippen molar-refractivity contribution in [1.29, 1.82) is 0 Å². The maximum atomic E-state index is 6.81. The van der Waals surface area contributed by atoms with Crippen LogP contribution in [0.3, 0.4) is 0 Å². The molecule has 2 aliphatic heterocycles. The van der Waals surface area contributed by atoms with Gasteiger partial charge in [0, 0.05) is 38.9 Å². The Hall–Kier alpha value is -9.44. The molecular formula is C72H47NO2. The van der Waals surface area contributed by atoms with E-state index in [2.05, 4.69) is 266 Å². The molecule has 75 heavy (non-hydrogen) atoms. The second-order valence-electron chi connectivity index (χ2n) is 20.5. The topological polar surface area (TPSA) is 21.7 Å². The first-order valence-corrected chi connectivity index (χ1v) is 26.2. The van der Waals surface area contributed by atoms with E-state index in [-0.39, 0.29) is 0 Å². The third-order valence-electron chi connectivity index (χ3n) is 16.9. The van der Waals surface area contributed by atoms with Gasteiger partial charge < -0.3 is 14.4 Å². The van der Waals surface area contributed by atoms with Crippen LogP contribution in [0, 0.1) is 0 Å². The van der Waals surface area contributed by atoms with E-state index in [1.165, 1.54) is 77.6 Å². The summed E-state index contributed by atoms with van der Waals surface area (Å²) in [5.41, 5.74) is 21.8. The Morgan fingerprint density at radius 3 is 1.57 bits per heavy atom. The first kappa shape index (κ1) is 42.1. The zero-order valence-electron chi connectivity index (χ0n) is 41.0. The van der Waals surface area contributed by atoms with E-state index < -0.39 is 10.8 Å². The Balaban J connectivity index is 1.00. The van der Waals surface area contributed by atoms with E-state index in [0.29, 0.717) is 0 Å². The number of para-hydroxylation sites is 5. The molecule has 3 heteroatoms. The van der Waals surface area contributed by atoms with Crippen LogP contribution >= 0.6 is 0 Å². The van der Waals surface area contributed by atoms with Gasteiger partial charge >= 0.3 is 0 Å². The highest BCUT2D eigenvalue weighted by molar-refractivity contribution is 6.11. The first-order chi connectivity index (χ1) is 37.2. The van der Waals surface area contributed by atoms with Crippen molar-refractivity contribution >= 4 is 33.4 Å². The molecule has 0 bridgehead atoms. The summed E-state index contributed by atoms with van der Waals surface area (Å²) in [6.07, 6.45) is 6.72. The lowest BCUT2D eigenvalue weighted by molar-refractivity contribution is 0.435. The predicted octanol–water partition coefficient (Wildman–Crippen LogP) is 18.7. The van der Waals surface area contributed by atoms with Crippen LogP contribution in [0.4, 0.5) is 17.1 Å². The molecule has 0 saturated carbocycles. The fraction of sp³-hybridized carbons (Fsp3) is 0.0556. The Bertz CT molecular complexity index is 4170. The average molecular weight is 958 g/mol. The lowest BCUT2D eigenvalue weighted by atomic mass is 9.64. The van der Waals surface area contributed by atoms with Crippen molar-refractivity contribution in [2.45, 2.75) is 23.7 Å². The number of anilines is 3. The number of hydrogen-bond acceptors (Lipinski definition) is 3. The zero-order valence-corrected chi connectivity index (χ0v) is 41.0. The minimum absolute atomic E-state index is 0.576. The molecule has 0 unspecified atom stereocenters. The van der Waals surface area contributed by atoms with Crippen LogP contribution in [0.25, 0.3) is 49.7 Å². The summed E-state index contributed by atoms with van der Waals surface area (Å²) in [7, 11) is 0. The van der Waals surface area contributed by atoms with E-state index in [0.717, 1.165) is 75.2 Å². The number of fused-ring (bicyclic) bond motifs is 19. The molecule has 0 amide bonds. The van der Waals surface area contributed by atoms with Crippen LogP contribution in [0.5, 0.6) is 23.0 Å². The van der Waals surface area contributed by atoms with Gasteiger partial charge in [-0.3, -0.25) is 0 Å². The van der Waals surface area contributed by atoms with Crippen LogP contribution in [-0.4, -0.2) is 0 Å². The van der Waals surface area contributed by atoms with Crippen LogP contribution in [-0.2, 0) is 10.8 Å². The maximum Gasteiger partial charge on any atom is 0.132 e. The molecule has 3 aliphatic carbocycles. The normalized spacial score (nSPS) is 15.1. The summed E-state index contributed by atoms with van der Waals surface area (Å²) in [5.74, 6) is 3.57. The van der Waals surface area contributed by atoms with Gasteiger partial charge in [0.1, 0.15) is 23.0 Å². The van der Waals surface area contributed by atoms with Crippen molar-refractivity contribution in [1.82, 2.24) is 0 Å². The standard InChI is InChI=1S/C72H47NO2/c1-2-19-46(20-3-1)47-37-39-48(40-38-47)51-22-6-13-31-63(51)73(50-42-43-53-52-23-4-7-25-55(52)72(62(53)45-50)59-29-11-16-35-67(59)75-68-36-17-12-30-60(68)72)64-32-18-21-49-41-44-61-70(69(49)64)54-24-5-8-26-56(54)71(61)57-27-9-14-33-65(57)74-66-34-15-10-28-58(66)71/h1-4,6-23,25-45H,5,24H2. The van der Waals surface area contributed by atoms with E-state index >= 15 is 0 Å².